The van der Waals surface area contributed by atoms with Crippen molar-refractivity contribution in [1.29, 1.82) is 0 Å². The van der Waals surface area contributed by atoms with E-state index in [1.165, 1.54) is 19.3 Å². The van der Waals surface area contributed by atoms with Gasteiger partial charge in [-0.1, -0.05) is 18.6 Å². The fourth-order valence-corrected chi connectivity index (χ4v) is 3.42. The van der Waals surface area contributed by atoms with Crippen molar-refractivity contribution in [2.24, 2.45) is 0 Å². The van der Waals surface area contributed by atoms with Gasteiger partial charge in [-0.05, 0) is 44.6 Å². The van der Waals surface area contributed by atoms with E-state index in [-0.39, 0.29) is 6.04 Å². The molecule has 0 bridgehead atoms. The van der Waals surface area contributed by atoms with Crippen molar-refractivity contribution < 1.29 is 5.11 Å². The molecule has 2 N–H and O–H groups in total. The van der Waals surface area contributed by atoms with Gasteiger partial charge in [-0.3, -0.25) is 0 Å². The molecule has 0 radical (unpaired) electrons. The zero-order chi connectivity index (χ0) is 13.2. The van der Waals surface area contributed by atoms with E-state index in [2.05, 4.69) is 24.6 Å². The quantitative estimate of drug-likeness (QED) is 0.852. The normalized spacial score (nSPS) is 19.3. The zero-order valence-corrected chi connectivity index (χ0v) is 12.3. The van der Waals surface area contributed by atoms with Crippen molar-refractivity contribution in [3.63, 3.8) is 0 Å². The molecule has 3 heteroatoms. The second kappa shape index (κ2) is 5.54. The first-order valence-corrected chi connectivity index (χ1v) is 7.87. The van der Waals surface area contributed by atoms with Crippen LogP contribution in [-0.4, -0.2) is 22.7 Å². The van der Waals surface area contributed by atoms with Gasteiger partial charge in [0.1, 0.15) is 5.75 Å². The van der Waals surface area contributed by atoms with E-state index in [1.807, 2.05) is 30.8 Å². The summed E-state index contributed by atoms with van der Waals surface area (Å²) in [5.41, 5.74) is 2.10. The predicted molar refractivity (Wildman–Crippen MR) is 79.4 cm³/mol. The van der Waals surface area contributed by atoms with Crippen LogP contribution in [0.25, 0.3) is 0 Å². The number of phenolic OH excluding ortho intramolecular Hbond substituents is 1. The SMILES string of the molecule is CSC1(CNC(C)c2ccc(C)cc2O)CCC1. The lowest BCUT2D eigenvalue weighted by Gasteiger charge is -2.41. The molecule has 0 heterocycles. The third-order valence-corrected chi connectivity index (χ3v) is 5.50. The average Bonchev–Trinajstić information content (AvgIpc) is 2.27. The third-order valence-electron chi connectivity index (χ3n) is 4.08. The highest BCUT2D eigenvalue weighted by molar-refractivity contribution is 8.00. The summed E-state index contributed by atoms with van der Waals surface area (Å²) in [6, 6.07) is 6.12. The number of aryl methyl sites for hydroxylation is 1. The summed E-state index contributed by atoms with van der Waals surface area (Å²) in [4.78, 5) is 0. The summed E-state index contributed by atoms with van der Waals surface area (Å²) < 4.78 is 0.439. The highest BCUT2D eigenvalue weighted by Crippen LogP contribution is 2.42. The van der Waals surface area contributed by atoms with E-state index >= 15 is 0 Å². The number of hydrogen-bond donors (Lipinski definition) is 2. The Hall–Kier alpha value is -0.670. The first-order valence-electron chi connectivity index (χ1n) is 6.64. The summed E-state index contributed by atoms with van der Waals surface area (Å²) >= 11 is 1.98. The van der Waals surface area contributed by atoms with E-state index in [9.17, 15) is 5.11 Å². The van der Waals surface area contributed by atoms with E-state index in [1.54, 1.807) is 0 Å². The van der Waals surface area contributed by atoms with Crippen molar-refractivity contribution in [3.8, 4) is 5.75 Å². The Kier molecular flexibility index (Phi) is 4.23. The molecule has 100 valence electrons. The molecule has 0 aromatic heterocycles. The van der Waals surface area contributed by atoms with Crippen molar-refractivity contribution in [2.45, 2.75) is 43.9 Å². The van der Waals surface area contributed by atoms with Crippen molar-refractivity contribution in [1.82, 2.24) is 5.32 Å². The van der Waals surface area contributed by atoms with Crippen LogP contribution in [0.1, 0.15) is 43.4 Å². The molecule has 0 amide bonds. The van der Waals surface area contributed by atoms with E-state index in [0.29, 0.717) is 10.5 Å². The number of benzene rings is 1. The van der Waals surface area contributed by atoms with Crippen LogP contribution in [0.15, 0.2) is 18.2 Å². The van der Waals surface area contributed by atoms with Gasteiger partial charge in [-0.15, -0.1) is 0 Å². The van der Waals surface area contributed by atoms with Gasteiger partial charge in [0.05, 0.1) is 0 Å². The summed E-state index contributed by atoms with van der Waals surface area (Å²) in [6.45, 7) is 5.15. The van der Waals surface area contributed by atoms with Crippen LogP contribution in [0.3, 0.4) is 0 Å². The number of rotatable bonds is 5. The summed E-state index contributed by atoms with van der Waals surface area (Å²) in [7, 11) is 0. The molecule has 1 unspecified atom stereocenters. The minimum atomic E-state index is 0.204. The molecular formula is C15H23NOS. The van der Waals surface area contributed by atoms with E-state index in [4.69, 9.17) is 0 Å². The van der Waals surface area contributed by atoms with Crippen LogP contribution in [0.5, 0.6) is 5.75 Å². The Balaban J connectivity index is 1.97. The molecule has 18 heavy (non-hydrogen) atoms. The third kappa shape index (κ3) is 2.83. The van der Waals surface area contributed by atoms with Gasteiger partial charge < -0.3 is 10.4 Å². The highest BCUT2D eigenvalue weighted by atomic mass is 32.2. The second-order valence-corrected chi connectivity index (χ2v) is 6.68. The molecule has 1 aromatic rings. The van der Waals surface area contributed by atoms with Gasteiger partial charge in [0.15, 0.2) is 0 Å². The van der Waals surface area contributed by atoms with Gasteiger partial charge >= 0.3 is 0 Å². The summed E-state index contributed by atoms with van der Waals surface area (Å²) in [6.07, 6.45) is 6.18. The maximum absolute atomic E-state index is 9.97. The molecule has 2 rings (SSSR count). The minimum absolute atomic E-state index is 0.204. The molecule has 1 fully saturated rings. The Morgan fingerprint density at radius 1 is 1.44 bits per heavy atom. The monoisotopic (exact) mass is 265 g/mol. The van der Waals surface area contributed by atoms with Crippen LogP contribution in [-0.2, 0) is 0 Å². The number of aromatic hydroxyl groups is 1. The molecule has 0 spiro atoms. The van der Waals surface area contributed by atoms with Crippen LogP contribution in [0, 0.1) is 6.92 Å². The van der Waals surface area contributed by atoms with Crippen molar-refractivity contribution in [3.05, 3.63) is 29.3 Å². The summed E-state index contributed by atoms with van der Waals surface area (Å²) in [5.74, 6) is 0.404. The fraction of sp³-hybridized carbons (Fsp3) is 0.600. The van der Waals surface area contributed by atoms with Gasteiger partial charge in [0, 0.05) is 22.9 Å². The largest absolute Gasteiger partial charge is 0.508 e. The molecule has 1 aliphatic carbocycles. The Morgan fingerprint density at radius 3 is 2.67 bits per heavy atom. The first kappa shape index (κ1) is 13.8. The lowest BCUT2D eigenvalue weighted by molar-refractivity contribution is 0.332. The van der Waals surface area contributed by atoms with Gasteiger partial charge in [-0.25, -0.2) is 0 Å². The maximum Gasteiger partial charge on any atom is 0.120 e. The Bertz CT molecular complexity index is 409. The molecule has 2 nitrogen and oxygen atoms in total. The lowest BCUT2D eigenvalue weighted by Crippen LogP contribution is -2.44. The van der Waals surface area contributed by atoms with Crippen molar-refractivity contribution in [2.75, 3.05) is 12.8 Å². The molecule has 0 aliphatic heterocycles. The van der Waals surface area contributed by atoms with E-state index in [0.717, 1.165) is 17.7 Å². The highest BCUT2D eigenvalue weighted by Gasteiger charge is 2.36. The number of thioether (sulfide) groups is 1. The summed E-state index contributed by atoms with van der Waals surface area (Å²) in [5, 5.41) is 13.5. The number of nitrogens with one attached hydrogen (secondary N) is 1. The maximum atomic E-state index is 9.97. The molecular weight excluding hydrogens is 242 g/mol. The van der Waals surface area contributed by atoms with Gasteiger partial charge in [-0.2, -0.15) is 11.8 Å². The first-order chi connectivity index (χ1) is 8.56. The second-order valence-electron chi connectivity index (χ2n) is 5.41. The fourth-order valence-electron chi connectivity index (χ4n) is 2.49. The van der Waals surface area contributed by atoms with Gasteiger partial charge in [0.2, 0.25) is 0 Å². The Labute approximate surface area is 114 Å². The van der Waals surface area contributed by atoms with Crippen LogP contribution in [0.4, 0.5) is 0 Å². The minimum Gasteiger partial charge on any atom is -0.508 e. The zero-order valence-electron chi connectivity index (χ0n) is 11.5. The molecule has 1 saturated carbocycles. The smallest absolute Gasteiger partial charge is 0.120 e. The molecule has 1 aliphatic rings. The van der Waals surface area contributed by atoms with Crippen LogP contribution in [0.2, 0.25) is 0 Å². The molecule has 1 aromatic carbocycles. The van der Waals surface area contributed by atoms with E-state index < -0.39 is 0 Å². The van der Waals surface area contributed by atoms with Crippen molar-refractivity contribution >= 4 is 11.8 Å². The van der Waals surface area contributed by atoms with Gasteiger partial charge in [0.25, 0.3) is 0 Å². The molecule has 1 atom stereocenters. The predicted octanol–water partition coefficient (Wildman–Crippen LogP) is 3.64. The molecule has 0 saturated heterocycles. The topological polar surface area (TPSA) is 32.3 Å². The lowest BCUT2D eigenvalue weighted by atomic mass is 9.84. The number of hydrogen-bond acceptors (Lipinski definition) is 3. The standard InChI is InChI=1S/C15H23NOS/c1-11-5-6-13(14(17)9-11)12(2)16-10-15(18-3)7-4-8-15/h5-6,9,12,16-17H,4,7-8,10H2,1-3H3. The average molecular weight is 265 g/mol. The number of phenols is 1. The van der Waals surface area contributed by atoms with Crippen LogP contribution >= 0.6 is 11.8 Å². The Morgan fingerprint density at radius 2 is 2.17 bits per heavy atom. The van der Waals surface area contributed by atoms with Crippen LogP contribution < -0.4 is 5.32 Å².